The summed E-state index contributed by atoms with van der Waals surface area (Å²) in [6.07, 6.45) is 0.739. The van der Waals surface area contributed by atoms with Crippen molar-refractivity contribution in [3.8, 4) is 0 Å². The quantitative estimate of drug-likeness (QED) is 0.140. The van der Waals surface area contributed by atoms with Crippen molar-refractivity contribution in [3.63, 3.8) is 0 Å². The molecule has 0 aromatic heterocycles. The smallest absolute Gasteiger partial charge is 0.360 e. The van der Waals surface area contributed by atoms with E-state index in [1.54, 1.807) is 0 Å². The first-order valence-electron chi connectivity index (χ1n) is 7.63. The summed E-state index contributed by atoms with van der Waals surface area (Å²) < 4.78 is 24.6. The van der Waals surface area contributed by atoms with E-state index in [1.807, 2.05) is 30.3 Å². The van der Waals surface area contributed by atoms with E-state index in [1.165, 1.54) is 0 Å². The standard InChI is InChI=1S/C17H15N3O5S/c18-19-17(16(21)14-8-10-15(11-9-14)20(22)23)26(24,25)12-4-7-13-5-2-1-3-6-13/h1-3,5-6,8-11H,4,7,12H2. The fourth-order valence-electron chi connectivity index (χ4n) is 2.31. The molecule has 0 atom stereocenters. The van der Waals surface area contributed by atoms with E-state index in [0.29, 0.717) is 6.42 Å². The first-order chi connectivity index (χ1) is 12.3. The second kappa shape index (κ2) is 8.28. The first-order valence-corrected chi connectivity index (χ1v) is 9.28. The number of nitro groups is 1. The van der Waals surface area contributed by atoms with Crippen LogP contribution in [0.5, 0.6) is 0 Å². The van der Waals surface area contributed by atoms with E-state index in [-0.39, 0.29) is 23.4 Å². The van der Waals surface area contributed by atoms with E-state index in [2.05, 4.69) is 4.79 Å². The molecule has 0 unspecified atom stereocenters. The second-order valence-electron chi connectivity index (χ2n) is 5.45. The van der Waals surface area contributed by atoms with Crippen LogP contribution in [0.3, 0.4) is 0 Å². The highest BCUT2D eigenvalue weighted by Crippen LogP contribution is 2.14. The van der Waals surface area contributed by atoms with Crippen LogP contribution in [0.1, 0.15) is 22.3 Å². The van der Waals surface area contributed by atoms with Gasteiger partial charge >= 0.3 is 5.04 Å². The fraction of sp³-hybridized carbons (Fsp3) is 0.176. The van der Waals surface area contributed by atoms with Crippen LogP contribution in [-0.2, 0) is 16.3 Å². The largest absolute Gasteiger partial charge is 0.452 e. The molecule has 8 nitrogen and oxygen atoms in total. The number of aryl methyl sites for hydroxylation is 1. The molecule has 2 aromatic carbocycles. The summed E-state index contributed by atoms with van der Waals surface area (Å²) in [5, 5.41) is 9.65. The van der Waals surface area contributed by atoms with Gasteiger partial charge in [0.2, 0.25) is 0 Å². The molecular weight excluding hydrogens is 358 g/mol. The van der Waals surface area contributed by atoms with Crippen LogP contribution in [0.4, 0.5) is 5.69 Å². The summed E-state index contributed by atoms with van der Waals surface area (Å²) >= 11 is 0. The molecular formula is C17H15N3O5S. The maximum absolute atomic E-state index is 12.3. The molecule has 0 fully saturated rings. The van der Waals surface area contributed by atoms with Crippen molar-refractivity contribution in [1.29, 1.82) is 0 Å². The minimum absolute atomic E-state index is 0.116. The number of benzene rings is 2. The Labute approximate surface area is 149 Å². The van der Waals surface area contributed by atoms with Crippen molar-refractivity contribution in [3.05, 3.63) is 81.4 Å². The Bertz CT molecular complexity index is 963. The maximum atomic E-state index is 12.3. The zero-order valence-electron chi connectivity index (χ0n) is 13.6. The molecule has 0 saturated carbocycles. The zero-order chi connectivity index (χ0) is 19.2. The van der Waals surface area contributed by atoms with Gasteiger partial charge in [0.25, 0.3) is 21.3 Å². The van der Waals surface area contributed by atoms with E-state index in [9.17, 15) is 23.3 Å². The molecule has 0 amide bonds. The number of hydrogen-bond acceptors (Lipinski definition) is 5. The summed E-state index contributed by atoms with van der Waals surface area (Å²) in [4.78, 5) is 24.9. The Morgan fingerprint density at radius 2 is 1.69 bits per heavy atom. The molecule has 0 aliphatic rings. The van der Waals surface area contributed by atoms with E-state index in [4.69, 9.17) is 5.53 Å². The Balaban J connectivity index is 2.11. The van der Waals surface area contributed by atoms with Crippen molar-refractivity contribution >= 4 is 26.4 Å². The number of carbonyl (C=O) groups excluding carboxylic acids is 1. The van der Waals surface area contributed by atoms with Crippen LogP contribution in [0, 0.1) is 10.1 Å². The van der Waals surface area contributed by atoms with Gasteiger partial charge in [-0.15, -0.1) is 4.79 Å². The molecule has 2 rings (SSSR count). The Hall–Kier alpha value is -3.16. The topological polar surface area (TPSA) is 131 Å². The number of nitrogens with zero attached hydrogens (tertiary/aromatic N) is 3. The summed E-state index contributed by atoms with van der Waals surface area (Å²) in [6.45, 7) is 0. The lowest BCUT2D eigenvalue weighted by atomic mass is 10.1. The number of sulfone groups is 1. The van der Waals surface area contributed by atoms with Gasteiger partial charge in [-0.2, -0.15) is 0 Å². The van der Waals surface area contributed by atoms with Gasteiger partial charge < -0.3 is 5.53 Å². The van der Waals surface area contributed by atoms with Crippen LogP contribution in [-0.4, -0.2) is 34.7 Å². The third kappa shape index (κ3) is 4.69. The van der Waals surface area contributed by atoms with Gasteiger partial charge in [-0.25, -0.2) is 8.42 Å². The average Bonchev–Trinajstić information content (AvgIpc) is 2.62. The second-order valence-corrected chi connectivity index (χ2v) is 7.47. The van der Waals surface area contributed by atoms with Crippen molar-refractivity contribution in [2.75, 3.05) is 5.75 Å². The van der Waals surface area contributed by atoms with Crippen LogP contribution in [0.2, 0.25) is 0 Å². The highest BCUT2D eigenvalue weighted by atomic mass is 32.2. The number of hydrogen-bond donors (Lipinski definition) is 0. The molecule has 0 N–H and O–H groups in total. The predicted octanol–water partition coefficient (Wildman–Crippen LogP) is 2.45. The molecule has 9 heteroatoms. The monoisotopic (exact) mass is 373 g/mol. The van der Waals surface area contributed by atoms with Gasteiger partial charge in [-0.05, 0) is 30.5 Å². The lowest BCUT2D eigenvalue weighted by Gasteiger charge is -2.02. The van der Waals surface area contributed by atoms with Gasteiger partial charge in [0.15, 0.2) is 0 Å². The summed E-state index contributed by atoms with van der Waals surface area (Å²) in [7, 11) is -4.10. The highest BCUT2D eigenvalue weighted by Gasteiger charge is 2.36. The molecule has 0 bridgehead atoms. The molecule has 134 valence electrons. The van der Waals surface area contributed by atoms with Gasteiger partial charge in [0, 0.05) is 17.7 Å². The number of rotatable bonds is 7. The lowest BCUT2D eigenvalue weighted by molar-refractivity contribution is -0.384. The van der Waals surface area contributed by atoms with Gasteiger partial charge in [-0.1, -0.05) is 30.3 Å². The number of non-ortho nitro benzene ring substituents is 1. The van der Waals surface area contributed by atoms with Crippen LogP contribution in [0.15, 0.2) is 54.6 Å². The lowest BCUT2D eigenvalue weighted by Crippen LogP contribution is -2.28. The summed E-state index contributed by atoms with van der Waals surface area (Å²) in [6, 6.07) is 13.6. The molecule has 0 aliphatic carbocycles. The van der Waals surface area contributed by atoms with Crippen molar-refractivity contribution in [2.45, 2.75) is 12.8 Å². The molecule has 0 heterocycles. The Morgan fingerprint density at radius 1 is 1.08 bits per heavy atom. The average molecular weight is 373 g/mol. The maximum Gasteiger partial charge on any atom is 0.452 e. The van der Waals surface area contributed by atoms with E-state index in [0.717, 1.165) is 29.8 Å². The Morgan fingerprint density at radius 3 is 2.23 bits per heavy atom. The molecule has 0 aliphatic heterocycles. The summed E-state index contributed by atoms with van der Waals surface area (Å²) in [5.74, 6) is -1.37. The highest BCUT2D eigenvalue weighted by molar-refractivity contribution is 8.08. The third-order valence-corrected chi connectivity index (χ3v) is 5.32. The first kappa shape index (κ1) is 19.2. The number of ketones is 1. The van der Waals surface area contributed by atoms with E-state index < -0.39 is 25.6 Å². The van der Waals surface area contributed by atoms with Crippen molar-refractivity contribution in [2.24, 2.45) is 0 Å². The number of carbonyl (C=O) groups is 1. The SMILES string of the molecule is [N-]=[N+]=C(C(=O)c1ccc([N+](=O)[O-])cc1)S(=O)(=O)CCCc1ccccc1. The minimum Gasteiger partial charge on any atom is -0.360 e. The normalized spacial score (nSPS) is 10.8. The van der Waals surface area contributed by atoms with Crippen LogP contribution >= 0.6 is 0 Å². The van der Waals surface area contributed by atoms with Gasteiger partial charge in [-0.3, -0.25) is 14.9 Å². The predicted molar refractivity (Wildman–Crippen MR) is 94.6 cm³/mol. The molecule has 2 aromatic rings. The molecule has 0 spiro atoms. The Kier molecular flexibility index (Phi) is 6.11. The minimum atomic E-state index is -4.10. The van der Waals surface area contributed by atoms with Crippen molar-refractivity contribution in [1.82, 2.24) is 0 Å². The van der Waals surface area contributed by atoms with Crippen molar-refractivity contribution < 1.29 is 22.9 Å². The van der Waals surface area contributed by atoms with Gasteiger partial charge in [0.05, 0.1) is 10.7 Å². The number of nitro benzene ring substituents is 1. The summed E-state index contributed by atoms with van der Waals surface area (Å²) in [5.41, 5.74) is 9.63. The molecule has 0 saturated heterocycles. The van der Waals surface area contributed by atoms with E-state index >= 15 is 0 Å². The van der Waals surface area contributed by atoms with Crippen LogP contribution in [0.25, 0.3) is 5.53 Å². The van der Waals surface area contributed by atoms with Gasteiger partial charge in [0.1, 0.15) is 0 Å². The molecule has 0 radical (unpaired) electrons. The zero-order valence-corrected chi connectivity index (χ0v) is 14.4. The number of Topliss-reactive ketones (excluding diaryl/α,β-unsaturated/α-hetero) is 1. The fourth-order valence-corrected chi connectivity index (χ4v) is 3.56. The molecule has 26 heavy (non-hydrogen) atoms. The van der Waals surface area contributed by atoms with Crippen LogP contribution < -0.4 is 0 Å². The third-order valence-electron chi connectivity index (χ3n) is 3.64.